The monoisotopic (exact) mass is 682 g/mol. The number of aliphatic hydroxyl groups is 4. The van der Waals surface area contributed by atoms with Crippen molar-refractivity contribution in [1.82, 2.24) is 0 Å². The molecule has 0 aromatic heterocycles. The standard InChI is InChI=1S/C38H38N2O10/c1-45-38(37(49-50-38)24-11-20-10-21(13-24)14-25(37)12-20)30-16-27(47-36-35(44)34(43)33(42)32(19-41)48-36)9-7-22(30)6-8-26-15-29(23(17-39)18-40)28-4-2-3-5-31(28)46-26/h2-9,15-16,20-21,24-25,32-36,41-44H,10-14,19H2,1H3/b8-6+/t20?,21?,24?,25?,32?,33-,34-,35?,36+,37?,38?/m0/s1. The van der Waals surface area contributed by atoms with Gasteiger partial charge in [-0.1, -0.05) is 30.3 Å². The van der Waals surface area contributed by atoms with Gasteiger partial charge in [0.25, 0.3) is 5.79 Å². The third-order valence-corrected chi connectivity index (χ3v) is 11.5. The molecule has 3 heterocycles. The smallest absolute Gasteiger partial charge is 0.261 e. The molecule has 50 heavy (non-hydrogen) atoms. The van der Waals surface area contributed by atoms with E-state index >= 15 is 0 Å². The number of hydrogen-bond acceptors (Lipinski definition) is 12. The maximum absolute atomic E-state index is 10.7. The summed E-state index contributed by atoms with van der Waals surface area (Å²) in [5.41, 5.74) is 1.59. The second-order valence-corrected chi connectivity index (χ2v) is 14.1. The van der Waals surface area contributed by atoms with Crippen molar-refractivity contribution in [2.75, 3.05) is 13.7 Å². The van der Waals surface area contributed by atoms with Gasteiger partial charge in [-0.05, 0) is 91.7 Å². The van der Waals surface area contributed by atoms with Gasteiger partial charge in [-0.15, -0.1) is 0 Å². The van der Waals surface area contributed by atoms with E-state index in [0.29, 0.717) is 45.6 Å². The molecule has 3 aliphatic heterocycles. The summed E-state index contributed by atoms with van der Waals surface area (Å²) in [6.07, 6.45) is 3.28. The van der Waals surface area contributed by atoms with E-state index in [9.17, 15) is 30.9 Å². The van der Waals surface area contributed by atoms with Gasteiger partial charge < -0.3 is 39.4 Å². The van der Waals surface area contributed by atoms with Gasteiger partial charge in [0.1, 0.15) is 59.4 Å². The molecule has 4 N–H and O–H groups in total. The Kier molecular flexibility index (Phi) is 8.34. The Labute approximate surface area is 288 Å². The molecule has 0 amide bonds. The number of nitrogens with zero attached hydrogens (tertiary/aromatic N) is 2. The van der Waals surface area contributed by atoms with E-state index in [0.717, 1.165) is 25.7 Å². The van der Waals surface area contributed by atoms with Crippen LogP contribution in [0.2, 0.25) is 0 Å². The molecule has 9 rings (SSSR count). The second kappa shape index (κ2) is 12.6. The van der Waals surface area contributed by atoms with Crippen molar-refractivity contribution in [3.05, 3.63) is 82.6 Å². The average Bonchev–Trinajstić information content (AvgIpc) is 3.11. The van der Waals surface area contributed by atoms with Crippen LogP contribution in [-0.2, 0) is 25.0 Å². The van der Waals surface area contributed by atoms with Crippen molar-refractivity contribution in [2.45, 2.75) is 74.2 Å². The van der Waals surface area contributed by atoms with Crippen LogP contribution in [-0.4, -0.2) is 70.4 Å². The SMILES string of the molecule is COC1(c2cc(O[C@@H]3OC(CO)[C@H](O)[C@H](O)C3O)ccc2/C=C/C2=CC(=C(C#N)C#N)c3ccccc3O2)OOC12C1CC3CC(C1)CC2C3. The summed E-state index contributed by atoms with van der Waals surface area (Å²) >= 11 is 0. The van der Waals surface area contributed by atoms with Crippen LogP contribution < -0.4 is 9.47 Å². The van der Waals surface area contributed by atoms with Gasteiger partial charge in [-0.2, -0.15) is 15.4 Å². The summed E-state index contributed by atoms with van der Waals surface area (Å²) in [6.45, 7) is -0.589. The fourth-order valence-electron chi connectivity index (χ4n) is 9.43. The fourth-order valence-corrected chi connectivity index (χ4v) is 9.43. The van der Waals surface area contributed by atoms with E-state index < -0.39 is 48.7 Å². The Hall–Kier alpha value is -4.08. The van der Waals surface area contributed by atoms with Crippen LogP contribution in [0.4, 0.5) is 0 Å². The summed E-state index contributed by atoms with van der Waals surface area (Å²) < 4.78 is 24.3. The van der Waals surface area contributed by atoms with Gasteiger partial charge in [-0.25, -0.2) is 4.89 Å². The Morgan fingerprint density at radius 2 is 1.64 bits per heavy atom. The van der Waals surface area contributed by atoms with Gasteiger partial charge in [0.2, 0.25) is 6.29 Å². The summed E-state index contributed by atoms with van der Waals surface area (Å²) in [5, 5.41) is 60.4. The number of para-hydroxylation sites is 1. The van der Waals surface area contributed by atoms with Crippen LogP contribution in [0.5, 0.6) is 11.5 Å². The topological polar surface area (TPSA) is 184 Å². The Bertz CT molecular complexity index is 1810. The Morgan fingerprint density at radius 1 is 0.920 bits per heavy atom. The molecule has 12 nitrogen and oxygen atoms in total. The van der Waals surface area contributed by atoms with E-state index in [1.807, 2.05) is 30.3 Å². The fraction of sp³-hybridized carbons (Fsp3) is 0.474. The van der Waals surface area contributed by atoms with Crippen molar-refractivity contribution in [3.63, 3.8) is 0 Å². The molecule has 6 atom stereocenters. The second-order valence-electron chi connectivity index (χ2n) is 14.1. The molecule has 2 saturated heterocycles. The molecule has 2 aromatic carbocycles. The van der Waals surface area contributed by atoms with E-state index in [-0.39, 0.29) is 23.2 Å². The zero-order chi connectivity index (χ0) is 34.8. The van der Waals surface area contributed by atoms with Crippen molar-refractivity contribution >= 4 is 11.6 Å². The Balaban J connectivity index is 1.20. The lowest BCUT2D eigenvalue weighted by Crippen LogP contribution is -2.76. The lowest BCUT2D eigenvalue weighted by Gasteiger charge is -2.68. The predicted octanol–water partition coefficient (Wildman–Crippen LogP) is 3.61. The summed E-state index contributed by atoms with van der Waals surface area (Å²) in [7, 11) is 1.60. The summed E-state index contributed by atoms with van der Waals surface area (Å²) in [5.74, 6) is 1.56. The first-order valence-electron chi connectivity index (χ1n) is 17.0. The summed E-state index contributed by atoms with van der Waals surface area (Å²) in [6, 6.07) is 16.4. The minimum Gasteiger partial charge on any atom is -0.462 e. The zero-order valence-electron chi connectivity index (χ0n) is 27.3. The molecular formula is C38H38N2O10. The molecule has 6 fully saturated rings. The van der Waals surface area contributed by atoms with Crippen LogP contribution in [0.25, 0.3) is 11.6 Å². The van der Waals surface area contributed by atoms with E-state index in [2.05, 4.69) is 0 Å². The highest BCUT2D eigenvalue weighted by molar-refractivity contribution is 5.87. The quantitative estimate of drug-likeness (QED) is 0.246. The molecule has 7 aliphatic rings. The number of benzene rings is 2. The van der Waals surface area contributed by atoms with Gasteiger partial charge >= 0.3 is 0 Å². The third kappa shape index (κ3) is 4.94. The van der Waals surface area contributed by atoms with Crippen LogP contribution in [0.1, 0.15) is 48.8 Å². The number of rotatable bonds is 7. The number of ether oxygens (including phenoxy) is 4. The molecular weight excluding hydrogens is 644 g/mol. The molecule has 3 unspecified atom stereocenters. The highest BCUT2D eigenvalue weighted by Crippen LogP contribution is 2.69. The maximum Gasteiger partial charge on any atom is 0.261 e. The maximum atomic E-state index is 10.7. The highest BCUT2D eigenvalue weighted by atomic mass is 17.3. The Morgan fingerprint density at radius 3 is 2.28 bits per heavy atom. The van der Waals surface area contributed by atoms with Gasteiger partial charge in [-0.3, -0.25) is 0 Å². The number of aliphatic hydroxyl groups excluding tert-OH is 4. The first kappa shape index (κ1) is 33.1. The minimum absolute atomic E-state index is 0.0378. The van der Waals surface area contributed by atoms with E-state index in [1.165, 1.54) is 6.42 Å². The number of fused-ring (bicyclic) bond motifs is 1. The van der Waals surface area contributed by atoms with Gasteiger partial charge in [0.15, 0.2) is 5.60 Å². The largest absolute Gasteiger partial charge is 0.462 e. The number of methoxy groups -OCH3 is 1. The molecule has 1 spiro atoms. The van der Waals surface area contributed by atoms with Crippen LogP contribution >= 0.6 is 0 Å². The minimum atomic E-state index is -1.60. The first-order chi connectivity index (χ1) is 24.2. The predicted molar refractivity (Wildman–Crippen MR) is 174 cm³/mol. The number of nitriles is 2. The van der Waals surface area contributed by atoms with Crippen molar-refractivity contribution in [3.8, 4) is 23.6 Å². The summed E-state index contributed by atoms with van der Waals surface area (Å²) in [4.78, 5) is 12.3. The number of allylic oxidation sites excluding steroid dienone is 4. The highest BCUT2D eigenvalue weighted by Gasteiger charge is 2.77. The number of hydrogen-bond donors (Lipinski definition) is 4. The molecule has 4 aliphatic carbocycles. The molecule has 12 heteroatoms. The lowest BCUT2D eigenvalue weighted by atomic mass is 9.47. The molecule has 0 radical (unpaired) electrons. The third-order valence-electron chi connectivity index (χ3n) is 11.5. The molecule has 260 valence electrons. The van der Waals surface area contributed by atoms with Crippen LogP contribution in [0, 0.1) is 46.3 Å². The van der Waals surface area contributed by atoms with Crippen LogP contribution in [0.3, 0.4) is 0 Å². The van der Waals surface area contributed by atoms with Crippen LogP contribution in [0.15, 0.2) is 65.9 Å². The van der Waals surface area contributed by atoms with Crippen molar-refractivity contribution in [2.24, 2.45) is 23.7 Å². The van der Waals surface area contributed by atoms with Crippen molar-refractivity contribution in [1.29, 1.82) is 10.5 Å². The van der Waals surface area contributed by atoms with E-state index in [4.69, 9.17) is 28.7 Å². The normalized spacial score (nSPS) is 38.1. The van der Waals surface area contributed by atoms with Gasteiger partial charge in [0, 0.05) is 23.8 Å². The molecule has 4 bridgehead atoms. The lowest BCUT2D eigenvalue weighted by molar-refractivity contribution is -0.645. The molecule has 2 aromatic rings. The van der Waals surface area contributed by atoms with Crippen molar-refractivity contribution < 1.29 is 49.1 Å². The van der Waals surface area contributed by atoms with E-state index in [1.54, 1.807) is 49.6 Å². The average molecular weight is 683 g/mol. The molecule has 4 saturated carbocycles. The van der Waals surface area contributed by atoms with Gasteiger partial charge in [0.05, 0.1) is 6.61 Å². The first-order valence-corrected chi connectivity index (χ1v) is 17.0. The zero-order valence-corrected chi connectivity index (χ0v) is 27.3.